The van der Waals surface area contributed by atoms with E-state index in [0.29, 0.717) is 5.54 Å². The maximum atomic E-state index is 3.87. The van der Waals surface area contributed by atoms with Crippen molar-refractivity contribution in [2.75, 3.05) is 19.6 Å². The highest BCUT2D eigenvalue weighted by atomic mass is 15.3. The summed E-state index contributed by atoms with van der Waals surface area (Å²) < 4.78 is 0. The number of nitrogens with one attached hydrogen (secondary N) is 1. The van der Waals surface area contributed by atoms with Crippen molar-refractivity contribution < 1.29 is 0 Å². The molecule has 2 fully saturated rings. The molecule has 2 rings (SSSR count). The van der Waals surface area contributed by atoms with Crippen molar-refractivity contribution in [3.8, 4) is 0 Å². The lowest BCUT2D eigenvalue weighted by molar-refractivity contribution is 0.0609. The summed E-state index contributed by atoms with van der Waals surface area (Å²) >= 11 is 0. The van der Waals surface area contributed by atoms with Gasteiger partial charge in [-0.25, -0.2) is 0 Å². The maximum absolute atomic E-state index is 3.87. The van der Waals surface area contributed by atoms with E-state index in [1.807, 2.05) is 0 Å². The Labute approximate surface area is 107 Å². The van der Waals surface area contributed by atoms with E-state index >= 15 is 0 Å². The predicted molar refractivity (Wildman–Crippen MR) is 74.3 cm³/mol. The van der Waals surface area contributed by atoms with E-state index in [1.54, 1.807) is 0 Å². The molecular weight excluding hydrogens is 208 g/mol. The van der Waals surface area contributed by atoms with E-state index in [1.165, 1.54) is 58.2 Å². The quantitative estimate of drug-likeness (QED) is 0.765. The Balaban J connectivity index is 1.98. The zero-order valence-corrected chi connectivity index (χ0v) is 12.0. The van der Waals surface area contributed by atoms with Crippen LogP contribution in [0.5, 0.6) is 0 Å². The molecule has 0 amide bonds. The van der Waals surface area contributed by atoms with Crippen LogP contribution in [0.25, 0.3) is 0 Å². The van der Waals surface area contributed by atoms with E-state index in [9.17, 15) is 0 Å². The number of piperazine rings is 1. The molecule has 2 aliphatic rings. The van der Waals surface area contributed by atoms with E-state index < -0.39 is 0 Å². The van der Waals surface area contributed by atoms with Crippen molar-refractivity contribution in [3.63, 3.8) is 0 Å². The van der Waals surface area contributed by atoms with Gasteiger partial charge in [0.2, 0.25) is 0 Å². The average molecular weight is 238 g/mol. The minimum atomic E-state index is 0.402. The van der Waals surface area contributed by atoms with Crippen molar-refractivity contribution in [1.82, 2.24) is 10.2 Å². The van der Waals surface area contributed by atoms with Gasteiger partial charge in [0.05, 0.1) is 0 Å². The summed E-state index contributed by atoms with van der Waals surface area (Å²) in [6.45, 7) is 10.8. The third-order valence-electron chi connectivity index (χ3n) is 4.98. The molecule has 1 aliphatic carbocycles. The molecule has 0 radical (unpaired) electrons. The Morgan fingerprint density at radius 2 is 1.88 bits per heavy atom. The number of hydrogen-bond donors (Lipinski definition) is 1. The largest absolute Gasteiger partial charge is 0.308 e. The molecular formula is C15H30N2. The Bertz CT molecular complexity index is 231. The highest BCUT2D eigenvalue weighted by molar-refractivity contribution is 5.01. The molecule has 100 valence electrons. The van der Waals surface area contributed by atoms with Gasteiger partial charge in [0.1, 0.15) is 0 Å². The average Bonchev–Trinajstić information content (AvgIpc) is 3.20. The van der Waals surface area contributed by atoms with Crippen LogP contribution in [-0.4, -0.2) is 36.1 Å². The first-order valence-corrected chi connectivity index (χ1v) is 7.73. The van der Waals surface area contributed by atoms with Crippen LogP contribution < -0.4 is 5.32 Å². The number of hydrogen-bond acceptors (Lipinski definition) is 2. The van der Waals surface area contributed by atoms with Gasteiger partial charge in [-0.15, -0.1) is 0 Å². The lowest BCUT2D eigenvalue weighted by Crippen LogP contribution is -2.64. The SMILES string of the molecule is CCCCN1CC(CC)(CC)NCC1C1CC1. The summed E-state index contributed by atoms with van der Waals surface area (Å²) in [6.07, 6.45) is 8.17. The van der Waals surface area contributed by atoms with Crippen LogP contribution in [0.3, 0.4) is 0 Å². The molecule has 0 aromatic carbocycles. The topological polar surface area (TPSA) is 15.3 Å². The lowest BCUT2D eigenvalue weighted by Gasteiger charge is -2.48. The molecule has 17 heavy (non-hydrogen) atoms. The fraction of sp³-hybridized carbons (Fsp3) is 1.00. The zero-order chi connectivity index (χ0) is 12.3. The smallest absolute Gasteiger partial charge is 0.0304 e. The van der Waals surface area contributed by atoms with Gasteiger partial charge in [-0.3, -0.25) is 4.90 Å². The van der Waals surface area contributed by atoms with E-state index in [2.05, 4.69) is 31.0 Å². The fourth-order valence-corrected chi connectivity index (χ4v) is 3.29. The van der Waals surface area contributed by atoms with Crippen LogP contribution in [0.1, 0.15) is 59.3 Å². The Hall–Kier alpha value is -0.0800. The third kappa shape index (κ3) is 3.03. The van der Waals surface area contributed by atoms with Crippen molar-refractivity contribution in [3.05, 3.63) is 0 Å². The summed E-state index contributed by atoms with van der Waals surface area (Å²) in [5.74, 6) is 1.01. The second-order valence-corrected chi connectivity index (χ2v) is 6.10. The summed E-state index contributed by atoms with van der Waals surface area (Å²) in [5.41, 5.74) is 0.402. The normalized spacial score (nSPS) is 29.5. The Morgan fingerprint density at radius 3 is 2.41 bits per heavy atom. The molecule has 1 saturated carbocycles. The van der Waals surface area contributed by atoms with Gasteiger partial charge in [-0.1, -0.05) is 27.2 Å². The van der Waals surface area contributed by atoms with Gasteiger partial charge in [0.25, 0.3) is 0 Å². The first kappa shape index (κ1) is 13.4. The highest BCUT2D eigenvalue weighted by Gasteiger charge is 2.42. The second-order valence-electron chi connectivity index (χ2n) is 6.10. The first-order valence-electron chi connectivity index (χ1n) is 7.73. The van der Waals surface area contributed by atoms with Crippen LogP contribution in [-0.2, 0) is 0 Å². The lowest BCUT2D eigenvalue weighted by atomic mass is 9.87. The van der Waals surface area contributed by atoms with Crippen molar-refractivity contribution >= 4 is 0 Å². The van der Waals surface area contributed by atoms with Crippen molar-refractivity contribution in [2.45, 2.75) is 70.9 Å². The van der Waals surface area contributed by atoms with Crippen LogP contribution in [0.2, 0.25) is 0 Å². The maximum Gasteiger partial charge on any atom is 0.0304 e. The number of unbranched alkanes of at least 4 members (excludes halogenated alkanes) is 1. The van der Waals surface area contributed by atoms with Gasteiger partial charge < -0.3 is 5.32 Å². The van der Waals surface area contributed by atoms with Gasteiger partial charge in [-0.05, 0) is 44.6 Å². The van der Waals surface area contributed by atoms with Gasteiger partial charge in [0.15, 0.2) is 0 Å². The molecule has 1 unspecified atom stereocenters. The fourth-order valence-electron chi connectivity index (χ4n) is 3.29. The van der Waals surface area contributed by atoms with Crippen molar-refractivity contribution in [1.29, 1.82) is 0 Å². The van der Waals surface area contributed by atoms with Crippen molar-refractivity contribution in [2.24, 2.45) is 5.92 Å². The molecule has 1 N–H and O–H groups in total. The Morgan fingerprint density at radius 1 is 1.18 bits per heavy atom. The molecule has 2 nitrogen and oxygen atoms in total. The molecule has 0 bridgehead atoms. The van der Waals surface area contributed by atoms with Gasteiger partial charge >= 0.3 is 0 Å². The van der Waals surface area contributed by atoms with Gasteiger partial charge in [-0.2, -0.15) is 0 Å². The zero-order valence-electron chi connectivity index (χ0n) is 12.0. The molecule has 1 saturated heterocycles. The predicted octanol–water partition coefficient (Wildman–Crippen LogP) is 3.03. The molecule has 0 aromatic rings. The van der Waals surface area contributed by atoms with Crippen LogP contribution in [0, 0.1) is 5.92 Å². The first-order chi connectivity index (χ1) is 8.24. The van der Waals surface area contributed by atoms with E-state index in [-0.39, 0.29) is 0 Å². The van der Waals surface area contributed by atoms with Crippen LogP contribution in [0.4, 0.5) is 0 Å². The minimum absolute atomic E-state index is 0.402. The van der Waals surface area contributed by atoms with E-state index in [0.717, 1.165) is 12.0 Å². The molecule has 1 heterocycles. The van der Waals surface area contributed by atoms with Crippen LogP contribution >= 0.6 is 0 Å². The third-order valence-corrected chi connectivity index (χ3v) is 4.98. The molecule has 1 aliphatic heterocycles. The minimum Gasteiger partial charge on any atom is -0.308 e. The van der Waals surface area contributed by atoms with Gasteiger partial charge in [0, 0.05) is 24.7 Å². The van der Waals surface area contributed by atoms with Crippen LogP contribution in [0.15, 0.2) is 0 Å². The second kappa shape index (κ2) is 5.71. The molecule has 0 spiro atoms. The Kier molecular flexibility index (Phi) is 4.48. The summed E-state index contributed by atoms with van der Waals surface area (Å²) in [4.78, 5) is 2.81. The number of nitrogens with zero attached hydrogens (tertiary/aromatic N) is 1. The molecule has 1 atom stereocenters. The molecule has 2 heteroatoms. The van der Waals surface area contributed by atoms with E-state index in [4.69, 9.17) is 0 Å². The standard InChI is InChI=1S/C15H30N2/c1-4-7-10-17-12-15(5-2,6-3)16-11-14(17)13-8-9-13/h13-14,16H,4-12H2,1-3H3. The summed E-state index contributed by atoms with van der Waals surface area (Å²) in [6, 6.07) is 0.841. The summed E-state index contributed by atoms with van der Waals surface area (Å²) in [5, 5.41) is 3.87. The molecule has 0 aromatic heterocycles. The highest BCUT2D eigenvalue weighted by Crippen LogP contribution is 2.38. The number of rotatable bonds is 6. The summed E-state index contributed by atoms with van der Waals surface area (Å²) in [7, 11) is 0. The monoisotopic (exact) mass is 238 g/mol.